The van der Waals surface area contributed by atoms with Crippen molar-refractivity contribution in [2.75, 3.05) is 27.4 Å². The lowest BCUT2D eigenvalue weighted by Gasteiger charge is -2.31. The molecule has 2 aromatic heterocycles. The molecule has 0 saturated carbocycles. The van der Waals surface area contributed by atoms with Gasteiger partial charge in [0.2, 0.25) is 11.7 Å². The second-order valence-corrected chi connectivity index (χ2v) is 14.0. The molecule has 4 aliphatic rings. The number of nitrogens with two attached hydrogens (primary N) is 2. The van der Waals surface area contributed by atoms with Crippen molar-refractivity contribution in [3.63, 3.8) is 0 Å². The topological polar surface area (TPSA) is 161 Å². The van der Waals surface area contributed by atoms with Gasteiger partial charge in [0.05, 0.1) is 46.0 Å². The van der Waals surface area contributed by atoms with Crippen LogP contribution in [0.5, 0.6) is 0 Å². The third kappa shape index (κ3) is 4.31. The van der Waals surface area contributed by atoms with E-state index in [1.807, 2.05) is 41.2 Å². The Hall–Kier alpha value is -5.39. The monoisotopic (exact) mass is 600 g/mol. The van der Waals surface area contributed by atoms with E-state index in [2.05, 4.69) is 84.2 Å². The average Bonchev–Trinajstić information content (AvgIpc) is 3.67. The molecule has 12 nitrogen and oxygen atoms in total. The zero-order chi connectivity index (χ0) is 31.4. The summed E-state index contributed by atoms with van der Waals surface area (Å²) in [4.78, 5) is 24.0. The van der Waals surface area contributed by atoms with Crippen LogP contribution in [0.1, 0.15) is 70.4 Å². The highest BCUT2D eigenvalue weighted by Gasteiger charge is 2.36. The van der Waals surface area contributed by atoms with Crippen molar-refractivity contribution < 1.29 is 0 Å². The molecular weight excluding hydrogens is 564 g/mol. The quantitative estimate of drug-likeness (QED) is 0.153. The molecule has 0 radical (unpaired) electrons. The van der Waals surface area contributed by atoms with E-state index in [1.165, 1.54) is 0 Å². The Morgan fingerprint density at radius 1 is 0.867 bits per heavy atom. The van der Waals surface area contributed by atoms with Crippen molar-refractivity contribution in [1.82, 2.24) is 28.9 Å². The highest BCUT2D eigenvalue weighted by Crippen LogP contribution is 2.48. The molecule has 0 fully saturated rings. The minimum atomic E-state index is -0.299. The van der Waals surface area contributed by atoms with Gasteiger partial charge >= 0.3 is 0 Å². The van der Waals surface area contributed by atoms with Gasteiger partial charge in [0.25, 0.3) is 0 Å². The van der Waals surface area contributed by atoms with Crippen LogP contribution in [0.3, 0.4) is 0 Å². The fourth-order valence-electron chi connectivity index (χ4n) is 6.65. The van der Waals surface area contributed by atoms with Gasteiger partial charge in [-0.15, -0.1) is 0 Å². The number of nitrogen functional groups attached to an aromatic ring is 2. The predicted molar refractivity (Wildman–Crippen MR) is 181 cm³/mol. The van der Waals surface area contributed by atoms with Gasteiger partial charge < -0.3 is 32.0 Å². The summed E-state index contributed by atoms with van der Waals surface area (Å²) in [6, 6.07) is 12.1. The van der Waals surface area contributed by atoms with Gasteiger partial charge in [0, 0.05) is 51.0 Å². The number of imidazole rings is 1. The van der Waals surface area contributed by atoms with Crippen molar-refractivity contribution in [3.8, 4) is 11.3 Å². The number of fused-ring (bicyclic) bond motifs is 2. The van der Waals surface area contributed by atoms with Gasteiger partial charge in [-0.05, 0) is 65.8 Å². The Balaban J connectivity index is 1.31. The summed E-state index contributed by atoms with van der Waals surface area (Å²) in [6.45, 7) is 12.8. The van der Waals surface area contributed by atoms with E-state index < -0.39 is 0 Å². The van der Waals surface area contributed by atoms with Crippen molar-refractivity contribution in [2.24, 2.45) is 4.99 Å². The molecule has 0 amide bonds. The third-order valence-electron chi connectivity index (χ3n) is 8.14. The molecule has 8 rings (SSSR count). The molecule has 2 atom stereocenters. The smallest absolute Gasteiger partial charge is 0.238 e. The van der Waals surface area contributed by atoms with Gasteiger partial charge in [0.15, 0.2) is 0 Å². The van der Waals surface area contributed by atoms with Crippen molar-refractivity contribution in [2.45, 2.75) is 64.7 Å². The number of nitrogens with one attached hydrogen (secondary N) is 3. The van der Waals surface area contributed by atoms with Crippen LogP contribution >= 0.6 is 0 Å². The van der Waals surface area contributed by atoms with E-state index in [0.29, 0.717) is 23.1 Å². The summed E-state index contributed by atoms with van der Waals surface area (Å²) in [5, 5.41) is 10.9. The molecule has 5 heterocycles. The van der Waals surface area contributed by atoms with E-state index in [1.54, 1.807) is 6.33 Å². The fourth-order valence-corrected chi connectivity index (χ4v) is 6.65. The van der Waals surface area contributed by atoms with E-state index in [9.17, 15) is 0 Å². The number of aromatic nitrogens is 6. The van der Waals surface area contributed by atoms with Crippen molar-refractivity contribution in [3.05, 3.63) is 65.9 Å². The van der Waals surface area contributed by atoms with Crippen molar-refractivity contribution >= 4 is 57.4 Å². The van der Waals surface area contributed by atoms with Crippen LogP contribution < -0.4 is 27.4 Å². The maximum absolute atomic E-state index is 6.31. The third-order valence-corrected chi connectivity index (χ3v) is 8.14. The summed E-state index contributed by atoms with van der Waals surface area (Å²) in [5.74, 6) is 1.01. The Labute approximate surface area is 260 Å². The molecule has 0 bridgehead atoms. The van der Waals surface area contributed by atoms with Gasteiger partial charge in [0.1, 0.15) is 12.5 Å². The first-order chi connectivity index (χ1) is 21.3. The molecule has 228 valence electrons. The lowest BCUT2D eigenvalue weighted by atomic mass is 9.90. The van der Waals surface area contributed by atoms with Crippen LogP contribution in [0.25, 0.3) is 28.1 Å². The Morgan fingerprint density at radius 2 is 1.60 bits per heavy atom. The van der Waals surface area contributed by atoms with Gasteiger partial charge in [-0.1, -0.05) is 12.1 Å². The lowest BCUT2D eigenvalue weighted by molar-refractivity contribution is 0.628. The molecule has 3 aliphatic heterocycles. The summed E-state index contributed by atoms with van der Waals surface area (Å²) in [6.07, 6.45) is 5.07. The van der Waals surface area contributed by atoms with Crippen LogP contribution in [-0.4, -0.2) is 46.2 Å². The molecule has 1 aliphatic carbocycles. The molecule has 7 N–H and O–H groups in total. The van der Waals surface area contributed by atoms with Gasteiger partial charge in [-0.3, -0.25) is 4.99 Å². The average molecular weight is 601 g/mol. The van der Waals surface area contributed by atoms with E-state index >= 15 is 0 Å². The summed E-state index contributed by atoms with van der Waals surface area (Å²) in [7, 11) is 0. The zero-order valence-electron chi connectivity index (χ0n) is 26.1. The minimum absolute atomic E-state index is 0.176. The van der Waals surface area contributed by atoms with Crippen molar-refractivity contribution in [1.29, 1.82) is 0 Å². The lowest BCUT2D eigenvalue weighted by Crippen LogP contribution is -2.29. The second kappa shape index (κ2) is 9.07. The van der Waals surface area contributed by atoms with E-state index in [0.717, 1.165) is 56.2 Å². The molecule has 4 aromatic rings. The summed E-state index contributed by atoms with van der Waals surface area (Å²) in [5.41, 5.74) is 23.0. The fraction of sp³-hybridized carbons (Fsp3) is 0.303. The van der Waals surface area contributed by atoms with E-state index in [4.69, 9.17) is 26.4 Å². The maximum Gasteiger partial charge on any atom is 0.238 e. The highest BCUT2D eigenvalue weighted by molar-refractivity contribution is 5.94. The number of nitrogens with zero attached hydrogens (tertiary/aromatic N) is 7. The number of anilines is 5. The van der Waals surface area contributed by atoms with Gasteiger partial charge in [-0.2, -0.15) is 0 Å². The minimum Gasteiger partial charge on any atom is -0.399 e. The predicted octanol–water partition coefficient (Wildman–Crippen LogP) is 5.98. The molecule has 12 heteroatoms. The van der Waals surface area contributed by atoms with Gasteiger partial charge in [-0.25, -0.2) is 24.3 Å². The Bertz CT molecular complexity index is 2160. The zero-order valence-corrected chi connectivity index (χ0v) is 26.1. The molecule has 2 aromatic carbocycles. The first kappa shape index (κ1) is 27.2. The van der Waals surface area contributed by atoms with Crippen LogP contribution in [0, 0.1) is 0 Å². The van der Waals surface area contributed by atoms with Crippen LogP contribution in [0.15, 0.2) is 54.0 Å². The summed E-state index contributed by atoms with van der Waals surface area (Å²) >= 11 is 0. The maximum atomic E-state index is 6.31. The van der Waals surface area contributed by atoms with Crippen LogP contribution in [0.4, 0.5) is 34.4 Å². The SMILES string of the molecule is CC(C)(C)Nc1cc(N)cc2c1C(c1nc3ncnc4n3c3c(ccc1-3)C(n1cnc3cc(N)cc(NC(C)(C)C)c31)N4)C=N2. The Morgan fingerprint density at radius 3 is 2.38 bits per heavy atom. The molecular formula is C33H36N12. The van der Waals surface area contributed by atoms with Crippen LogP contribution in [-0.2, 0) is 0 Å². The molecule has 0 spiro atoms. The normalized spacial score (nSPS) is 17.4. The number of aliphatic imine (C=N–C) groups is 1. The standard InChI is InChI=1S/C33H36N12/c1-32(2,3)42-22-10-16(34)9-21-25(22)20(13-36-21)26-18-7-8-19-27(18)45-30(40-26)37-14-38-31(45)41-29(19)44-15-39-23-11-17(35)12-24(28(23)44)43-33(4,5)6/h7-15,20,29,42-43H,34-35H2,1-6H3,(H,37,38,40,41). The first-order valence-electron chi connectivity index (χ1n) is 15.1. The molecule has 2 unspecified atom stereocenters. The van der Waals surface area contributed by atoms with Crippen LogP contribution in [0.2, 0.25) is 0 Å². The number of hydrogen-bond acceptors (Lipinski definition) is 10. The number of hydrogen-bond donors (Lipinski definition) is 5. The molecule has 0 saturated heterocycles. The number of rotatable bonds is 4. The number of benzene rings is 2. The second-order valence-electron chi connectivity index (χ2n) is 14.0. The first-order valence-corrected chi connectivity index (χ1v) is 15.1. The summed E-state index contributed by atoms with van der Waals surface area (Å²) < 4.78 is 4.15. The Kier molecular flexibility index (Phi) is 5.48. The molecule has 45 heavy (non-hydrogen) atoms. The highest BCUT2D eigenvalue weighted by atomic mass is 15.3. The van der Waals surface area contributed by atoms with E-state index in [-0.39, 0.29) is 23.2 Å². The largest absolute Gasteiger partial charge is 0.399 e.